The molecule has 0 saturated heterocycles. The van der Waals surface area contributed by atoms with Crippen LogP contribution in [0.15, 0.2) is 24.4 Å². The molecule has 0 radical (unpaired) electrons. The van der Waals surface area contributed by atoms with Crippen LogP contribution in [-0.2, 0) is 6.61 Å². The third-order valence-corrected chi connectivity index (χ3v) is 2.89. The SMILES string of the molecule is Cc1ccnc(OCc2ccc(C)s2)n1. The summed E-state index contributed by atoms with van der Waals surface area (Å²) in [6, 6.07) is 6.44. The first-order valence-electron chi connectivity index (χ1n) is 4.72. The van der Waals surface area contributed by atoms with Gasteiger partial charge in [-0.1, -0.05) is 0 Å². The Labute approximate surface area is 92.8 Å². The number of ether oxygens (including phenoxy) is 1. The van der Waals surface area contributed by atoms with Crippen molar-refractivity contribution in [2.75, 3.05) is 0 Å². The lowest BCUT2D eigenvalue weighted by Crippen LogP contribution is -1.98. The Morgan fingerprint density at radius 1 is 1.27 bits per heavy atom. The van der Waals surface area contributed by atoms with E-state index in [9.17, 15) is 0 Å². The van der Waals surface area contributed by atoms with E-state index in [1.54, 1.807) is 17.5 Å². The molecule has 2 aromatic heterocycles. The Balaban J connectivity index is 1.99. The lowest BCUT2D eigenvalue weighted by atomic mass is 10.4. The smallest absolute Gasteiger partial charge is 0.316 e. The molecule has 4 heteroatoms. The monoisotopic (exact) mass is 220 g/mol. The van der Waals surface area contributed by atoms with Crippen LogP contribution < -0.4 is 4.74 Å². The fourth-order valence-corrected chi connectivity index (χ4v) is 2.00. The van der Waals surface area contributed by atoms with Gasteiger partial charge in [-0.05, 0) is 32.0 Å². The molecule has 2 rings (SSSR count). The van der Waals surface area contributed by atoms with E-state index in [2.05, 4.69) is 29.0 Å². The molecule has 3 nitrogen and oxygen atoms in total. The van der Waals surface area contributed by atoms with Crippen LogP contribution in [0.1, 0.15) is 15.4 Å². The summed E-state index contributed by atoms with van der Waals surface area (Å²) in [5.41, 5.74) is 0.919. The highest BCUT2D eigenvalue weighted by Gasteiger charge is 2.00. The van der Waals surface area contributed by atoms with Gasteiger partial charge in [0.1, 0.15) is 6.61 Å². The van der Waals surface area contributed by atoms with E-state index in [-0.39, 0.29) is 0 Å². The van der Waals surface area contributed by atoms with Gasteiger partial charge >= 0.3 is 6.01 Å². The summed E-state index contributed by atoms with van der Waals surface area (Å²) in [6.07, 6.45) is 1.71. The first-order valence-corrected chi connectivity index (χ1v) is 5.53. The maximum Gasteiger partial charge on any atom is 0.316 e. The molecule has 0 aliphatic heterocycles. The molecule has 0 spiro atoms. The van der Waals surface area contributed by atoms with Crippen molar-refractivity contribution in [1.82, 2.24) is 9.97 Å². The molecule has 2 aromatic rings. The second kappa shape index (κ2) is 4.40. The van der Waals surface area contributed by atoms with Crippen LogP contribution in [0.3, 0.4) is 0 Å². The molecule has 0 N–H and O–H groups in total. The predicted molar refractivity (Wildman–Crippen MR) is 60.2 cm³/mol. The third-order valence-electron chi connectivity index (χ3n) is 1.91. The number of nitrogens with zero attached hydrogens (tertiary/aromatic N) is 2. The Bertz CT molecular complexity index is 453. The number of rotatable bonds is 3. The van der Waals surface area contributed by atoms with Crippen LogP contribution in [0.5, 0.6) is 6.01 Å². The summed E-state index contributed by atoms with van der Waals surface area (Å²) < 4.78 is 5.47. The quantitative estimate of drug-likeness (QED) is 0.797. The van der Waals surface area contributed by atoms with Crippen LogP contribution in [0.25, 0.3) is 0 Å². The van der Waals surface area contributed by atoms with Crippen molar-refractivity contribution in [1.29, 1.82) is 0 Å². The Morgan fingerprint density at radius 3 is 2.80 bits per heavy atom. The normalized spacial score (nSPS) is 10.3. The lowest BCUT2D eigenvalue weighted by molar-refractivity contribution is 0.283. The zero-order chi connectivity index (χ0) is 10.7. The molecular formula is C11H12N2OS. The van der Waals surface area contributed by atoms with Crippen LogP contribution >= 0.6 is 11.3 Å². The second-order valence-corrected chi connectivity index (χ2v) is 4.65. The van der Waals surface area contributed by atoms with Gasteiger partial charge in [-0.25, -0.2) is 9.97 Å². The summed E-state index contributed by atoms with van der Waals surface area (Å²) in [5.74, 6) is 0. The molecule has 0 aliphatic rings. The number of hydrogen-bond acceptors (Lipinski definition) is 4. The van der Waals surface area contributed by atoms with Gasteiger partial charge in [0.15, 0.2) is 0 Å². The minimum atomic E-state index is 0.445. The Hall–Kier alpha value is -1.42. The van der Waals surface area contributed by atoms with Crippen LogP contribution in [0.4, 0.5) is 0 Å². The van der Waals surface area contributed by atoms with E-state index < -0.39 is 0 Å². The molecule has 2 heterocycles. The average molecular weight is 220 g/mol. The average Bonchev–Trinajstić information content (AvgIpc) is 2.62. The highest BCUT2D eigenvalue weighted by molar-refractivity contribution is 7.11. The van der Waals surface area contributed by atoms with Crippen molar-refractivity contribution < 1.29 is 4.74 Å². The minimum Gasteiger partial charge on any atom is -0.458 e. The molecular weight excluding hydrogens is 208 g/mol. The molecule has 0 fully saturated rings. The number of aryl methyl sites for hydroxylation is 2. The van der Waals surface area contributed by atoms with E-state index in [0.717, 1.165) is 5.69 Å². The number of aromatic nitrogens is 2. The number of hydrogen-bond donors (Lipinski definition) is 0. The Kier molecular flexibility index (Phi) is 2.97. The van der Waals surface area contributed by atoms with E-state index in [4.69, 9.17) is 4.74 Å². The molecule has 0 bridgehead atoms. The molecule has 0 saturated carbocycles. The van der Waals surface area contributed by atoms with Crippen molar-refractivity contribution in [3.63, 3.8) is 0 Å². The zero-order valence-electron chi connectivity index (χ0n) is 8.73. The van der Waals surface area contributed by atoms with Crippen molar-refractivity contribution in [2.45, 2.75) is 20.5 Å². The van der Waals surface area contributed by atoms with Crippen molar-refractivity contribution in [3.8, 4) is 6.01 Å². The minimum absolute atomic E-state index is 0.445. The van der Waals surface area contributed by atoms with E-state index in [1.807, 2.05) is 13.0 Å². The molecule has 0 amide bonds. The van der Waals surface area contributed by atoms with Gasteiger partial charge in [0.25, 0.3) is 0 Å². The largest absolute Gasteiger partial charge is 0.458 e. The van der Waals surface area contributed by atoms with Gasteiger partial charge in [0, 0.05) is 21.6 Å². The van der Waals surface area contributed by atoms with E-state index in [0.29, 0.717) is 12.6 Å². The number of thiophene rings is 1. The van der Waals surface area contributed by atoms with Gasteiger partial charge in [-0.3, -0.25) is 0 Å². The molecule has 78 valence electrons. The van der Waals surface area contributed by atoms with Gasteiger partial charge < -0.3 is 4.74 Å². The first kappa shape index (κ1) is 10.1. The van der Waals surface area contributed by atoms with Gasteiger partial charge in [0.05, 0.1) is 0 Å². The van der Waals surface area contributed by atoms with Crippen molar-refractivity contribution in [2.24, 2.45) is 0 Å². The van der Waals surface area contributed by atoms with Crippen LogP contribution in [0.2, 0.25) is 0 Å². The van der Waals surface area contributed by atoms with E-state index >= 15 is 0 Å². The van der Waals surface area contributed by atoms with E-state index in [1.165, 1.54) is 9.75 Å². The second-order valence-electron chi connectivity index (χ2n) is 3.28. The molecule has 15 heavy (non-hydrogen) atoms. The molecule has 0 aromatic carbocycles. The highest BCUT2D eigenvalue weighted by atomic mass is 32.1. The third kappa shape index (κ3) is 2.76. The summed E-state index contributed by atoms with van der Waals surface area (Å²) in [5, 5.41) is 0. The van der Waals surface area contributed by atoms with Crippen molar-refractivity contribution in [3.05, 3.63) is 39.8 Å². The van der Waals surface area contributed by atoms with Crippen LogP contribution in [0, 0.1) is 13.8 Å². The summed E-state index contributed by atoms with van der Waals surface area (Å²) in [4.78, 5) is 10.7. The lowest BCUT2D eigenvalue weighted by Gasteiger charge is -2.02. The molecule has 0 atom stereocenters. The predicted octanol–water partition coefficient (Wildman–Crippen LogP) is 2.73. The zero-order valence-corrected chi connectivity index (χ0v) is 9.54. The standard InChI is InChI=1S/C11H12N2OS/c1-8-5-6-12-11(13-8)14-7-10-4-3-9(2)15-10/h3-6H,7H2,1-2H3. The maximum absolute atomic E-state index is 5.47. The van der Waals surface area contributed by atoms with Gasteiger partial charge in [-0.15, -0.1) is 11.3 Å². The van der Waals surface area contributed by atoms with Gasteiger partial charge in [0.2, 0.25) is 0 Å². The van der Waals surface area contributed by atoms with Gasteiger partial charge in [-0.2, -0.15) is 0 Å². The van der Waals surface area contributed by atoms with Crippen LogP contribution in [-0.4, -0.2) is 9.97 Å². The summed E-state index contributed by atoms with van der Waals surface area (Å²) in [7, 11) is 0. The molecule has 0 unspecified atom stereocenters. The maximum atomic E-state index is 5.47. The first-order chi connectivity index (χ1) is 7.24. The fraction of sp³-hybridized carbons (Fsp3) is 0.273. The summed E-state index contributed by atoms with van der Waals surface area (Å²) in [6.45, 7) is 4.54. The fourth-order valence-electron chi connectivity index (χ4n) is 1.19. The highest BCUT2D eigenvalue weighted by Crippen LogP contribution is 2.16. The molecule has 0 aliphatic carbocycles. The topological polar surface area (TPSA) is 35.0 Å². The summed E-state index contributed by atoms with van der Waals surface area (Å²) >= 11 is 1.73. The Morgan fingerprint density at radius 2 is 2.13 bits per heavy atom. The van der Waals surface area contributed by atoms with Crippen molar-refractivity contribution >= 4 is 11.3 Å².